The molecule has 142 valence electrons. The smallest absolute Gasteiger partial charge is 0.323 e. The fourth-order valence-electron chi connectivity index (χ4n) is 1.69. The van der Waals surface area contributed by atoms with Crippen LogP contribution in [0.4, 0.5) is 5.69 Å². The molecule has 0 heterocycles. The van der Waals surface area contributed by atoms with Crippen LogP contribution in [0.2, 0.25) is 0 Å². The maximum atomic E-state index is 11.3. The van der Waals surface area contributed by atoms with Crippen molar-refractivity contribution in [3.63, 3.8) is 0 Å². The summed E-state index contributed by atoms with van der Waals surface area (Å²) in [5.41, 5.74) is 5.86. The lowest BCUT2D eigenvalue weighted by atomic mass is 10.0. The zero-order chi connectivity index (χ0) is 18.8. The van der Waals surface area contributed by atoms with Gasteiger partial charge in [0.15, 0.2) is 0 Å². The highest BCUT2D eigenvalue weighted by molar-refractivity contribution is 7.98. The number of isocyanates is 1. The van der Waals surface area contributed by atoms with Gasteiger partial charge in [0, 0.05) is 4.90 Å². The van der Waals surface area contributed by atoms with E-state index >= 15 is 0 Å². The quantitative estimate of drug-likeness (QED) is 0.347. The second-order valence-corrected chi connectivity index (χ2v) is 7.55. The molecule has 25 heavy (non-hydrogen) atoms. The van der Waals surface area contributed by atoms with Crippen molar-refractivity contribution in [1.29, 1.82) is 0 Å². The molecule has 1 aromatic carbocycles. The molecule has 7 heteroatoms. The lowest BCUT2D eigenvalue weighted by molar-refractivity contribution is -0.156. The van der Waals surface area contributed by atoms with Crippen LogP contribution in [0.1, 0.15) is 41.0 Å². The highest BCUT2D eigenvalue weighted by atomic mass is 35.5. The Kier molecular flexibility index (Phi) is 13.4. The van der Waals surface area contributed by atoms with E-state index in [2.05, 4.69) is 4.99 Å². The highest BCUT2D eigenvalue weighted by Gasteiger charge is 2.22. The number of thioether (sulfide) groups is 1. The number of hydrogen-bond acceptors (Lipinski definition) is 6. The van der Waals surface area contributed by atoms with E-state index in [9.17, 15) is 9.59 Å². The van der Waals surface area contributed by atoms with Gasteiger partial charge in [0.2, 0.25) is 6.08 Å². The molecule has 0 radical (unpaired) electrons. The molecule has 0 unspecified atom stereocenters. The van der Waals surface area contributed by atoms with Crippen molar-refractivity contribution in [2.75, 3.05) is 6.26 Å². The topological polar surface area (TPSA) is 81.8 Å². The molecule has 1 aromatic rings. The SMILES string of the molecule is CC(C)C[C@H](N)C(=O)OC(C)(C)C.CSc1ccc(N=C=O)cc1.Cl. The van der Waals surface area contributed by atoms with E-state index in [1.807, 2.05) is 53.0 Å². The molecule has 1 atom stereocenters. The Bertz CT molecular complexity index is 550. The summed E-state index contributed by atoms with van der Waals surface area (Å²) < 4.78 is 5.14. The number of aliphatic imine (C=N–C) groups is 1. The van der Waals surface area contributed by atoms with Crippen molar-refractivity contribution in [3.8, 4) is 0 Å². The van der Waals surface area contributed by atoms with Crippen LogP contribution >= 0.6 is 24.2 Å². The summed E-state index contributed by atoms with van der Waals surface area (Å²) in [5.74, 6) is 0.115. The predicted molar refractivity (Wildman–Crippen MR) is 107 cm³/mol. The first-order valence-corrected chi connectivity index (χ1v) is 9.02. The molecule has 0 bridgehead atoms. The molecule has 1 rings (SSSR count). The van der Waals surface area contributed by atoms with Gasteiger partial charge < -0.3 is 10.5 Å². The number of esters is 1. The number of carbonyl (C=O) groups is 1. The van der Waals surface area contributed by atoms with E-state index in [1.165, 1.54) is 6.08 Å². The molecule has 0 amide bonds. The average molecular weight is 389 g/mol. The van der Waals surface area contributed by atoms with Crippen molar-refractivity contribution in [2.45, 2.75) is 57.6 Å². The Morgan fingerprint density at radius 3 is 2.16 bits per heavy atom. The average Bonchev–Trinajstić information content (AvgIpc) is 2.46. The Hall–Kier alpha value is -1.33. The largest absolute Gasteiger partial charge is 0.459 e. The molecule has 2 N–H and O–H groups in total. The standard InChI is InChI=1S/C10H21NO2.C8H7NOS.ClH/c1-7(2)6-8(11)9(12)13-10(3,4)5;1-11-8-4-2-7(3-5-8)9-6-10;/h7-8H,6,11H2,1-5H3;2-5H,1H3;1H/t8-;;/m0../s1. The lowest BCUT2D eigenvalue weighted by Gasteiger charge is -2.22. The zero-order valence-corrected chi connectivity index (χ0v) is 17.4. The fourth-order valence-corrected chi connectivity index (χ4v) is 2.10. The van der Waals surface area contributed by atoms with E-state index in [1.54, 1.807) is 23.9 Å². The van der Waals surface area contributed by atoms with Gasteiger partial charge in [-0.25, -0.2) is 4.79 Å². The van der Waals surface area contributed by atoms with Crippen LogP contribution in [0.25, 0.3) is 0 Å². The highest BCUT2D eigenvalue weighted by Crippen LogP contribution is 2.18. The van der Waals surface area contributed by atoms with Crippen molar-refractivity contribution < 1.29 is 14.3 Å². The number of rotatable bonds is 5. The van der Waals surface area contributed by atoms with Crippen LogP contribution in [0.15, 0.2) is 34.2 Å². The third kappa shape index (κ3) is 13.6. The first-order valence-electron chi connectivity index (χ1n) is 7.79. The molecule has 5 nitrogen and oxygen atoms in total. The number of ether oxygens (including phenoxy) is 1. The number of halogens is 1. The monoisotopic (exact) mass is 388 g/mol. The van der Waals surface area contributed by atoms with Gasteiger partial charge in [0.05, 0.1) is 5.69 Å². The van der Waals surface area contributed by atoms with E-state index in [0.717, 1.165) is 4.90 Å². The Morgan fingerprint density at radius 1 is 1.28 bits per heavy atom. The summed E-state index contributed by atoms with van der Waals surface area (Å²) >= 11 is 1.66. The summed E-state index contributed by atoms with van der Waals surface area (Å²) in [5, 5.41) is 0. The first kappa shape index (κ1) is 25.9. The van der Waals surface area contributed by atoms with E-state index in [0.29, 0.717) is 18.0 Å². The van der Waals surface area contributed by atoms with E-state index in [4.69, 9.17) is 10.5 Å². The van der Waals surface area contributed by atoms with Crippen molar-refractivity contribution >= 4 is 41.9 Å². The molecule has 0 fully saturated rings. The van der Waals surface area contributed by atoms with Crippen LogP contribution in [-0.2, 0) is 14.3 Å². The normalized spacial score (nSPS) is 11.4. The summed E-state index contributed by atoms with van der Waals surface area (Å²) in [6.07, 6.45) is 4.16. The second kappa shape index (κ2) is 13.0. The Labute approximate surface area is 161 Å². The van der Waals surface area contributed by atoms with Gasteiger partial charge in [-0.1, -0.05) is 13.8 Å². The van der Waals surface area contributed by atoms with Crippen LogP contribution in [0.5, 0.6) is 0 Å². The molecule has 0 aliphatic carbocycles. The van der Waals surface area contributed by atoms with Crippen molar-refractivity contribution in [2.24, 2.45) is 16.6 Å². The van der Waals surface area contributed by atoms with Crippen molar-refractivity contribution in [3.05, 3.63) is 24.3 Å². The zero-order valence-electron chi connectivity index (χ0n) is 15.7. The van der Waals surface area contributed by atoms with Crippen molar-refractivity contribution in [1.82, 2.24) is 0 Å². The molecular formula is C18H29ClN2O3S. The number of carbonyl (C=O) groups excluding carboxylic acids is 2. The number of nitrogens with zero attached hydrogens (tertiary/aromatic N) is 1. The van der Waals surface area contributed by atoms with Gasteiger partial charge in [-0.2, -0.15) is 4.99 Å². The molecule has 0 aliphatic heterocycles. The minimum atomic E-state index is -0.487. The minimum Gasteiger partial charge on any atom is -0.459 e. The number of nitrogens with two attached hydrogens (primary N) is 1. The van der Waals surface area contributed by atoms with Gasteiger partial charge in [0.1, 0.15) is 11.6 Å². The van der Waals surface area contributed by atoms with E-state index < -0.39 is 11.6 Å². The number of benzene rings is 1. The molecular weight excluding hydrogens is 360 g/mol. The van der Waals surface area contributed by atoms with Crippen LogP contribution in [0.3, 0.4) is 0 Å². The molecule has 0 saturated heterocycles. The summed E-state index contributed by atoms with van der Waals surface area (Å²) in [7, 11) is 0. The third-order valence-electron chi connectivity index (χ3n) is 2.68. The van der Waals surface area contributed by atoms with Crippen LogP contribution < -0.4 is 5.73 Å². The van der Waals surface area contributed by atoms with Gasteiger partial charge >= 0.3 is 5.97 Å². The summed E-state index contributed by atoms with van der Waals surface area (Å²) in [6.45, 7) is 9.58. The summed E-state index contributed by atoms with van der Waals surface area (Å²) in [6, 6.07) is 6.93. The van der Waals surface area contributed by atoms with Crippen LogP contribution in [-0.4, -0.2) is 29.9 Å². The second-order valence-electron chi connectivity index (χ2n) is 6.67. The van der Waals surface area contributed by atoms with E-state index in [-0.39, 0.29) is 18.4 Å². The Morgan fingerprint density at radius 2 is 1.80 bits per heavy atom. The Balaban J connectivity index is 0. The molecule has 0 aliphatic rings. The van der Waals surface area contributed by atoms with Crippen LogP contribution in [0, 0.1) is 5.92 Å². The number of hydrogen-bond donors (Lipinski definition) is 1. The minimum absolute atomic E-state index is 0. The lowest BCUT2D eigenvalue weighted by Crippen LogP contribution is -2.38. The predicted octanol–water partition coefficient (Wildman–Crippen LogP) is 4.50. The third-order valence-corrected chi connectivity index (χ3v) is 3.43. The maximum Gasteiger partial charge on any atom is 0.323 e. The van der Waals surface area contributed by atoms with Gasteiger partial charge in [-0.3, -0.25) is 4.79 Å². The van der Waals surface area contributed by atoms with Gasteiger partial charge in [0.25, 0.3) is 0 Å². The molecule has 0 saturated carbocycles. The molecule has 0 spiro atoms. The van der Waals surface area contributed by atoms with Gasteiger partial charge in [-0.15, -0.1) is 24.2 Å². The summed E-state index contributed by atoms with van der Waals surface area (Å²) in [4.78, 5) is 25.8. The maximum absolute atomic E-state index is 11.3. The molecule has 0 aromatic heterocycles. The van der Waals surface area contributed by atoms with Gasteiger partial charge in [-0.05, 0) is 63.6 Å². The fraction of sp³-hybridized carbons (Fsp3) is 0.556. The first-order chi connectivity index (χ1) is 11.1.